The van der Waals surface area contributed by atoms with Crippen molar-refractivity contribution in [1.29, 1.82) is 0 Å². The van der Waals surface area contributed by atoms with Gasteiger partial charge >= 0.3 is 5.97 Å². The van der Waals surface area contributed by atoms with Gasteiger partial charge in [-0.3, -0.25) is 9.59 Å². The predicted molar refractivity (Wildman–Crippen MR) is 102 cm³/mol. The molecule has 1 heterocycles. The molecule has 0 radical (unpaired) electrons. The van der Waals surface area contributed by atoms with E-state index in [1.165, 1.54) is 5.57 Å². The van der Waals surface area contributed by atoms with E-state index in [2.05, 4.69) is 20.8 Å². The molecule has 28 heavy (non-hydrogen) atoms. The van der Waals surface area contributed by atoms with Gasteiger partial charge in [0.15, 0.2) is 5.78 Å². The van der Waals surface area contributed by atoms with E-state index in [1.54, 1.807) is 0 Å². The van der Waals surface area contributed by atoms with Crippen molar-refractivity contribution in [3.8, 4) is 0 Å². The first-order valence-corrected chi connectivity index (χ1v) is 11.3. The highest BCUT2D eigenvalue weighted by Crippen LogP contribution is 2.79. The minimum atomic E-state index is -0.881. The number of fused-ring (bicyclic) bond motifs is 9. The molecule has 5 aliphatic carbocycles. The van der Waals surface area contributed by atoms with Crippen LogP contribution in [0.15, 0.2) is 11.6 Å². The summed E-state index contributed by atoms with van der Waals surface area (Å²) in [5.41, 5.74) is 0.388. The number of allylic oxidation sites excluding steroid dienone is 1. The molecule has 6 rings (SSSR count). The number of ketones is 1. The molecule has 3 nitrogen and oxygen atoms in total. The van der Waals surface area contributed by atoms with E-state index < -0.39 is 11.8 Å². The maximum absolute atomic E-state index is 16.1. The number of carbonyl (C=O) groups excluding carboxylic acids is 2. The molecule has 1 saturated heterocycles. The number of carbonyl (C=O) groups is 2. The average Bonchev–Trinajstić information content (AvgIpc) is 3.24. The molecule has 0 aromatic rings. The topological polar surface area (TPSA) is 43.4 Å². The lowest BCUT2D eigenvalue weighted by atomic mass is 9.43. The molecule has 5 fully saturated rings. The van der Waals surface area contributed by atoms with Crippen LogP contribution in [0.25, 0.3) is 0 Å². The second-order valence-corrected chi connectivity index (χ2v) is 11.3. The third-order valence-corrected chi connectivity index (χ3v) is 10.3. The maximum Gasteiger partial charge on any atom is 0.306 e. The predicted octanol–water partition coefficient (Wildman–Crippen LogP) is 4.64. The first-order valence-electron chi connectivity index (χ1n) is 11.3. The Balaban J connectivity index is 1.45. The molecule has 152 valence electrons. The summed E-state index contributed by atoms with van der Waals surface area (Å²) < 4.78 is 22.1. The SMILES string of the molecule is C[C@H]1CC2C([C@@H](F)C[C@@]3(C)C2[C@@H]2C[C@@H]2[C@@]32CCC(=O)O2)[C@@]2(C)CCC(=O)C=C12. The molecule has 4 saturated carbocycles. The van der Waals surface area contributed by atoms with Crippen molar-refractivity contribution in [3.63, 3.8) is 0 Å². The number of esters is 1. The Kier molecular flexibility index (Phi) is 3.22. The molecule has 4 heteroatoms. The summed E-state index contributed by atoms with van der Waals surface area (Å²) in [6.45, 7) is 6.72. The lowest BCUT2D eigenvalue weighted by molar-refractivity contribution is -0.188. The summed E-state index contributed by atoms with van der Waals surface area (Å²) in [6.07, 6.45) is 6.27. The fraction of sp³-hybridized carbons (Fsp3) is 0.833. The largest absolute Gasteiger partial charge is 0.458 e. The quantitative estimate of drug-likeness (QED) is 0.570. The van der Waals surface area contributed by atoms with Crippen molar-refractivity contribution in [1.82, 2.24) is 0 Å². The Labute approximate surface area is 166 Å². The molecule has 0 N–H and O–H groups in total. The van der Waals surface area contributed by atoms with Gasteiger partial charge in [0.05, 0.1) is 0 Å². The van der Waals surface area contributed by atoms with E-state index in [-0.39, 0.29) is 28.5 Å². The van der Waals surface area contributed by atoms with Crippen LogP contribution in [0.3, 0.4) is 0 Å². The highest BCUT2D eigenvalue weighted by molar-refractivity contribution is 5.91. The van der Waals surface area contributed by atoms with Crippen LogP contribution in [0.1, 0.15) is 65.7 Å². The zero-order valence-electron chi connectivity index (χ0n) is 17.2. The maximum atomic E-state index is 16.1. The van der Waals surface area contributed by atoms with Crippen LogP contribution in [-0.2, 0) is 14.3 Å². The third-order valence-electron chi connectivity index (χ3n) is 10.3. The molecular weight excluding hydrogens is 355 g/mol. The van der Waals surface area contributed by atoms with Crippen LogP contribution < -0.4 is 0 Å². The van der Waals surface area contributed by atoms with Gasteiger partial charge in [0, 0.05) is 30.1 Å². The van der Waals surface area contributed by atoms with Crippen molar-refractivity contribution < 1.29 is 18.7 Å². The number of alkyl halides is 1. The van der Waals surface area contributed by atoms with Crippen LogP contribution in [-0.4, -0.2) is 23.5 Å². The summed E-state index contributed by atoms with van der Waals surface area (Å²) in [6, 6.07) is 0. The van der Waals surface area contributed by atoms with Crippen molar-refractivity contribution >= 4 is 11.8 Å². The molecule has 1 aliphatic heterocycles. The van der Waals surface area contributed by atoms with Crippen LogP contribution >= 0.6 is 0 Å². The second-order valence-electron chi connectivity index (χ2n) is 11.3. The van der Waals surface area contributed by atoms with Crippen LogP contribution in [0.4, 0.5) is 4.39 Å². The highest BCUT2D eigenvalue weighted by Gasteiger charge is 2.80. The monoisotopic (exact) mass is 386 g/mol. The average molecular weight is 387 g/mol. The van der Waals surface area contributed by atoms with Crippen molar-refractivity contribution in [2.45, 2.75) is 77.5 Å². The number of rotatable bonds is 0. The van der Waals surface area contributed by atoms with E-state index in [0.717, 1.165) is 25.7 Å². The van der Waals surface area contributed by atoms with Gasteiger partial charge < -0.3 is 4.74 Å². The Morgan fingerprint density at radius 3 is 2.57 bits per heavy atom. The second kappa shape index (κ2) is 5.10. The van der Waals surface area contributed by atoms with Gasteiger partial charge in [-0.2, -0.15) is 0 Å². The summed E-state index contributed by atoms with van der Waals surface area (Å²) in [7, 11) is 0. The number of hydrogen-bond donors (Lipinski definition) is 0. The Hall–Kier alpha value is -1.19. The molecular formula is C24H31FO3. The van der Waals surface area contributed by atoms with Crippen LogP contribution in [0.5, 0.6) is 0 Å². The molecule has 6 aliphatic rings. The summed E-state index contributed by atoms with van der Waals surface area (Å²) in [5.74, 6) is 2.33. The normalized spacial score (nSPS) is 59.1. The van der Waals surface area contributed by atoms with Gasteiger partial charge in [-0.1, -0.05) is 26.3 Å². The van der Waals surface area contributed by atoms with Gasteiger partial charge in [-0.05, 0) is 67.3 Å². The molecule has 0 aromatic carbocycles. The lowest BCUT2D eigenvalue weighted by Crippen LogP contribution is -2.61. The van der Waals surface area contributed by atoms with Gasteiger partial charge in [-0.25, -0.2) is 4.39 Å². The van der Waals surface area contributed by atoms with Gasteiger partial charge in [0.2, 0.25) is 0 Å². The van der Waals surface area contributed by atoms with Crippen molar-refractivity contribution in [3.05, 3.63) is 11.6 Å². The molecule has 0 aromatic heterocycles. The minimum Gasteiger partial charge on any atom is -0.458 e. The minimum absolute atomic E-state index is 0.00892. The fourth-order valence-electron chi connectivity index (χ4n) is 9.41. The third kappa shape index (κ3) is 1.82. The standard InChI is InChI=1S/C24H31FO3/c1-12-8-15-20-14-10-17(14)24(7-5-19(27)28-24)23(20,3)11-18(25)21(15)22(2)6-4-13(26)9-16(12)22/h9,12,14-15,17-18,20-21H,4-8,10-11H2,1-3H3/t12-,14+,15?,17-,18-,20?,21?,22-,23-,24-/m0/s1. The van der Waals surface area contributed by atoms with Gasteiger partial charge in [0.1, 0.15) is 11.8 Å². The zero-order valence-corrected chi connectivity index (χ0v) is 17.2. The Morgan fingerprint density at radius 1 is 1.07 bits per heavy atom. The lowest BCUT2D eigenvalue weighted by Gasteiger charge is -2.62. The molecule has 3 unspecified atom stereocenters. The van der Waals surface area contributed by atoms with Crippen LogP contribution in [0, 0.1) is 46.3 Å². The van der Waals surface area contributed by atoms with Gasteiger partial charge in [0.25, 0.3) is 0 Å². The van der Waals surface area contributed by atoms with E-state index in [4.69, 9.17) is 4.74 Å². The molecule has 10 atom stereocenters. The highest BCUT2D eigenvalue weighted by atomic mass is 19.1. The summed E-state index contributed by atoms with van der Waals surface area (Å²) in [5, 5.41) is 0. The fourth-order valence-corrected chi connectivity index (χ4v) is 9.41. The zero-order chi connectivity index (χ0) is 19.6. The number of halogens is 1. The molecule has 0 bridgehead atoms. The van der Waals surface area contributed by atoms with E-state index >= 15 is 4.39 Å². The van der Waals surface area contributed by atoms with E-state index in [1.807, 2.05) is 6.08 Å². The van der Waals surface area contributed by atoms with Gasteiger partial charge in [-0.15, -0.1) is 0 Å². The Bertz CT molecular complexity index is 819. The van der Waals surface area contributed by atoms with Crippen molar-refractivity contribution in [2.24, 2.45) is 46.3 Å². The first-order chi connectivity index (χ1) is 13.2. The van der Waals surface area contributed by atoms with E-state index in [0.29, 0.717) is 48.9 Å². The smallest absolute Gasteiger partial charge is 0.306 e. The summed E-state index contributed by atoms with van der Waals surface area (Å²) in [4.78, 5) is 24.2. The first kappa shape index (κ1) is 17.7. The molecule has 1 spiro atoms. The van der Waals surface area contributed by atoms with E-state index in [9.17, 15) is 9.59 Å². The summed E-state index contributed by atoms with van der Waals surface area (Å²) >= 11 is 0. The Morgan fingerprint density at radius 2 is 1.86 bits per heavy atom. The molecule has 0 amide bonds. The van der Waals surface area contributed by atoms with Crippen LogP contribution in [0.2, 0.25) is 0 Å². The van der Waals surface area contributed by atoms with Crippen molar-refractivity contribution in [2.75, 3.05) is 0 Å². The number of ether oxygens (including phenoxy) is 1. The number of hydrogen-bond acceptors (Lipinski definition) is 3.